The van der Waals surface area contributed by atoms with E-state index >= 15 is 0 Å². The number of nitrogens with one attached hydrogen (secondary N) is 1. The molecule has 0 saturated carbocycles. The minimum Gasteiger partial charge on any atom is -0.309 e. The average molecular weight is 220 g/mol. The van der Waals surface area contributed by atoms with Crippen LogP contribution in [0.4, 0.5) is 5.82 Å². The molecule has 1 aromatic rings. The zero-order valence-electron chi connectivity index (χ0n) is 8.22. The van der Waals surface area contributed by atoms with Crippen LogP contribution in [0.2, 0.25) is 0 Å². The Morgan fingerprint density at radius 2 is 2.40 bits per heavy atom. The summed E-state index contributed by atoms with van der Waals surface area (Å²) >= 11 is 4.14. The Kier molecular flexibility index (Phi) is 4.56. The van der Waals surface area contributed by atoms with Crippen molar-refractivity contribution < 1.29 is 0 Å². The van der Waals surface area contributed by atoms with Crippen LogP contribution < -0.4 is 5.32 Å². The van der Waals surface area contributed by atoms with Crippen LogP contribution in [0.3, 0.4) is 0 Å². The number of aromatic nitrogens is 1. The number of anilines is 1. The van der Waals surface area contributed by atoms with Gasteiger partial charge in [0.15, 0.2) is 0 Å². The zero-order valence-corrected chi connectivity index (χ0v) is 9.11. The van der Waals surface area contributed by atoms with Crippen molar-refractivity contribution in [2.24, 2.45) is 9.98 Å². The van der Waals surface area contributed by atoms with Gasteiger partial charge in [0.05, 0.1) is 0 Å². The lowest BCUT2D eigenvalue weighted by Gasteiger charge is -2.03. The maximum absolute atomic E-state index is 4.16. The number of guanidine groups is 1. The minimum absolute atomic E-state index is 0.371. The molecule has 0 aliphatic carbocycles. The van der Waals surface area contributed by atoms with Gasteiger partial charge >= 0.3 is 0 Å². The first kappa shape index (κ1) is 11.5. The topological polar surface area (TPSA) is 49.6 Å². The fourth-order valence-corrected chi connectivity index (χ4v) is 1.09. The van der Waals surface area contributed by atoms with Gasteiger partial charge in [-0.1, -0.05) is 12.6 Å². The zero-order chi connectivity index (χ0) is 11.1. The molecule has 0 bridgehead atoms. The third-order valence-corrected chi connectivity index (χ3v) is 1.98. The molecule has 1 N–H and O–H groups in total. The molecule has 78 valence electrons. The lowest BCUT2D eigenvalue weighted by molar-refractivity contribution is 1.25. The van der Waals surface area contributed by atoms with Crippen molar-refractivity contribution in [1.29, 1.82) is 0 Å². The molecule has 1 aromatic heterocycles. The van der Waals surface area contributed by atoms with E-state index in [2.05, 4.69) is 46.2 Å². The largest absolute Gasteiger partial charge is 0.309 e. The normalized spacial score (nSPS) is 10.9. The van der Waals surface area contributed by atoms with Crippen LogP contribution in [0.25, 0.3) is 0 Å². The second kappa shape index (κ2) is 5.98. The first-order chi connectivity index (χ1) is 7.30. The van der Waals surface area contributed by atoms with Gasteiger partial charge in [0.2, 0.25) is 5.96 Å². The SMILES string of the molecule is C=CN=C(N=C)Nc1ccc(CS)cn1. The molecule has 4 nitrogen and oxygen atoms in total. The fourth-order valence-electron chi connectivity index (χ4n) is 0.906. The molecule has 0 amide bonds. The fraction of sp³-hybridized carbons (Fsp3) is 0.100. The van der Waals surface area contributed by atoms with Crippen molar-refractivity contribution in [2.45, 2.75) is 5.75 Å². The highest BCUT2D eigenvalue weighted by atomic mass is 32.1. The smallest absolute Gasteiger partial charge is 0.227 e. The first-order valence-corrected chi connectivity index (χ1v) is 4.91. The van der Waals surface area contributed by atoms with Gasteiger partial charge in [0.25, 0.3) is 0 Å². The molecule has 0 spiro atoms. The van der Waals surface area contributed by atoms with Gasteiger partial charge in [-0.15, -0.1) is 0 Å². The molecule has 0 atom stereocenters. The lowest BCUT2D eigenvalue weighted by atomic mass is 10.3. The quantitative estimate of drug-likeness (QED) is 0.466. The van der Waals surface area contributed by atoms with Crippen molar-refractivity contribution in [1.82, 2.24) is 4.98 Å². The van der Waals surface area contributed by atoms with Gasteiger partial charge in [-0.2, -0.15) is 12.6 Å². The molecule has 0 saturated heterocycles. The van der Waals surface area contributed by atoms with Crippen LogP contribution in [0.1, 0.15) is 5.56 Å². The Bertz CT molecular complexity index is 370. The number of nitrogens with zero attached hydrogens (tertiary/aromatic N) is 3. The summed E-state index contributed by atoms with van der Waals surface area (Å²) in [6.45, 7) is 6.85. The monoisotopic (exact) mass is 220 g/mol. The summed E-state index contributed by atoms with van der Waals surface area (Å²) < 4.78 is 0. The van der Waals surface area contributed by atoms with Crippen molar-refractivity contribution in [3.05, 3.63) is 36.7 Å². The summed E-state index contributed by atoms with van der Waals surface area (Å²) in [6.07, 6.45) is 3.13. The average Bonchev–Trinajstić information content (AvgIpc) is 2.29. The van der Waals surface area contributed by atoms with E-state index in [1.54, 1.807) is 6.20 Å². The van der Waals surface area contributed by atoms with E-state index < -0.39 is 0 Å². The highest BCUT2D eigenvalue weighted by Crippen LogP contribution is 2.07. The van der Waals surface area contributed by atoms with Crippen molar-refractivity contribution in [3.8, 4) is 0 Å². The van der Waals surface area contributed by atoms with E-state index in [1.807, 2.05) is 12.1 Å². The number of hydrogen-bond donors (Lipinski definition) is 2. The van der Waals surface area contributed by atoms with Gasteiger partial charge in [0, 0.05) is 18.1 Å². The molecule has 0 unspecified atom stereocenters. The Balaban J connectivity index is 2.75. The van der Waals surface area contributed by atoms with Crippen molar-refractivity contribution >= 4 is 31.1 Å². The Labute approximate surface area is 94.3 Å². The molecule has 15 heavy (non-hydrogen) atoms. The number of pyridine rings is 1. The van der Waals surface area contributed by atoms with Gasteiger partial charge in [-0.25, -0.2) is 15.0 Å². The molecule has 0 fully saturated rings. The Hall–Kier alpha value is -1.62. The highest BCUT2D eigenvalue weighted by molar-refractivity contribution is 7.79. The number of thiol groups is 1. The van der Waals surface area contributed by atoms with Crippen molar-refractivity contribution in [3.63, 3.8) is 0 Å². The minimum atomic E-state index is 0.371. The second-order valence-electron chi connectivity index (χ2n) is 2.63. The summed E-state index contributed by atoms with van der Waals surface area (Å²) in [5.41, 5.74) is 1.05. The molecule has 5 heteroatoms. The number of hydrogen-bond acceptors (Lipinski definition) is 3. The standard InChI is InChI=1S/C10H12N4S/c1-3-12-10(11-2)14-9-5-4-8(7-15)6-13-9/h3-6,15H,1-2,7H2,(H,12,13,14). The molecule has 0 radical (unpaired) electrons. The molecular weight excluding hydrogens is 208 g/mol. The summed E-state index contributed by atoms with van der Waals surface area (Å²) in [4.78, 5) is 11.7. The van der Waals surface area contributed by atoms with Crippen LogP contribution in [-0.2, 0) is 5.75 Å². The first-order valence-electron chi connectivity index (χ1n) is 4.28. The third kappa shape index (κ3) is 3.55. The predicted octanol–water partition coefficient (Wildman–Crippen LogP) is 2.12. The number of aliphatic imine (C=N–C) groups is 2. The lowest BCUT2D eigenvalue weighted by Crippen LogP contribution is -2.09. The molecule has 1 heterocycles. The predicted molar refractivity (Wildman–Crippen MR) is 67.7 cm³/mol. The van der Waals surface area contributed by atoms with Gasteiger partial charge in [-0.3, -0.25) is 0 Å². The third-order valence-electron chi connectivity index (χ3n) is 1.61. The highest BCUT2D eigenvalue weighted by Gasteiger charge is 1.97. The molecular formula is C10H12N4S. The molecule has 0 aromatic carbocycles. The Morgan fingerprint density at radius 3 is 2.87 bits per heavy atom. The summed E-state index contributed by atoms with van der Waals surface area (Å²) in [5.74, 6) is 1.70. The van der Waals surface area contributed by atoms with Crippen LogP contribution in [-0.4, -0.2) is 17.7 Å². The van der Waals surface area contributed by atoms with E-state index in [0.717, 1.165) is 5.56 Å². The van der Waals surface area contributed by atoms with E-state index in [0.29, 0.717) is 17.5 Å². The van der Waals surface area contributed by atoms with Crippen LogP contribution in [0.15, 0.2) is 41.1 Å². The van der Waals surface area contributed by atoms with Gasteiger partial charge in [-0.05, 0) is 18.3 Å². The van der Waals surface area contributed by atoms with Crippen LogP contribution in [0, 0.1) is 0 Å². The summed E-state index contributed by atoms with van der Waals surface area (Å²) in [7, 11) is 0. The van der Waals surface area contributed by atoms with E-state index in [-0.39, 0.29) is 0 Å². The van der Waals surface area contributed by atoms with Crippen LogP contribution >= 0.6 is 12.6 Å². The van der Waals surface area contributed by atoms with Crippen LogP contribution in [0.5, 0.6) is 0 Å². The van der Waals surface area contributed by atoms with Gasteiger partial charge in [0.1, 0.15) is 5.82 Å². The molecule has 0 aliphatic heterocycles. The Morgan fingerprint density at radius 1 is 1.60 bits per heavy atom. The number of rotatable bonds is 3. The second-order valence-corrected chi connectivity index (χ2v) is 2.94. The van der Waals surface area contributed by atoms with Gasteiger partial charge < -0.3 is 5.32 Å². The van der Waals surface area contributed by atoms with E-state index in [4.69, 9.17) is 0 Å². The van der Waals surface area contributed by atoms with Crippen molar-refractivity contribution in [2.75, 3.05) is 5.32 Å². The molecule has 0 aliphatic rings. The summed E-state index contributed by atoms with van der Waals surface area (Å²) in [6, 6.07) is 3.76. The summed E-state index contributed by atoms with van der Waals surface area (Å²) in [5, 5.41) is 2.89. The maximum Gasteiger partial charge on any atom is 0.227 e. The van der Waals surface area contributed by atoms with E-state index in [1.165, 1.54) is 6.20 Å². The molecule has 1 rings (SSSR count). The van der Waals surface area contributed by atoms with E-state index in [9.17, 15) is 0 Å². The maximum atomic E-state index is 4.16.